The van der Waals surface area contributed by atoms with Crippen LogP contribution in [0.4, 0.5) is 5.82 Å². The Morgan fingerprint density at radius 1 is 1.08 bits per heavy atom. The van der Waals surface area contributed by atoms with Gasteiger partial charge in [0.15, 0.2) is 0 Å². The Labute approximate surface area is 155 Å². The number of hydrogen-bond acceptors (Lipinski definition) is 5. The van der Waals surface area contributed by atoms with E-state index in [9.17, 15) is 0 Å². The van der Waals surface area contributed by atoms with Crippen LogP contribution in [0.2, 0.25) is 0 Å². The lowest BCUT2D eigenvalue weighted by molar-refractivity contribution is 0.923. The largest absolute Gasteiger partial charge is 0.365 e. The molecule has 0 radical (unpaired) electrons. The lowest BCUT2D eigenvalue weighted by Gasteiger charge is -2.11. The number of anilines is 1. The van der Waals surface area contributed by atoms with Crippen LogP contribution in [0.15, 0.2) is 72.8 Å². The number of hydrogen-bond donors (Lipinski definition) is 1. The predicted molar refractivity (Wildman–Crippen MR) is 103 cm³/mol. The molecule has 1 aromatic carbocycles. The molecule has 126 valence electrons. The molecule has 0 aliphatic heterocycles. The summed E-state index contributed by atoms with van der Waals surface area (Å²) in [5, 5.41) is 5.50. The van der Waals surface area contributed by atoms with Crippen LogP contribution >= 0.6 is 23.7 Å². The fraction of sp³-hybridized carbons (Fsp3) is 0.0556. The van der Waals surface area contributed by atoms with Crippen molar-refractivity contribution in [2.24, 2.45) is 0 Å². The Bertz CT molecular complexity index is 908. The van der Waals surface area contributed by atoms with Gasteiger partial charge in [0, 0.05) is 30.0 Å². The van der Waals surface area contributed by atoms with Crippen molar-refractivity contribution in [2.45, 2.75) is 6.54 Å². The van der Waals surface area contributed by atoms with Crippen molar-refractivity contribution in [3.8, 4) is 16.4 Å². The third-order valence-corrected chi connectivity index (χ3v) is 4.50. The first-order valence-electron chi connectivity index (χ1n) is 7.57. The van der Waals surface area contributed by atoms with Crippen LogP contribution < -0.4 is 5.32 Å². The van der Waals surface area contributed by atoms with Gasteiger partial charge in [-0.2, -0.15) is 4.98 Å². The van der Waals surface area contributed by atoms with E-state index in [1.165, 1.54) is 5.56 Å². The fourth-order valence-corrected chi connectivity index (χ4v) is 3.14. The Morgan fingerprint density at radius 3 is 2.68 bits per heavy atom. The molecule has 0 bridgehead atoms. The maximum Gasteiger partial charge on any atom is 0.236 e. The van der Waals surface area contributed by atoms with Crippen molar-refractivity contribution in [1.82, 2.24) is 19.5 Å². The molecular formula is C18H16ClN5S. The van der Waals surface area contributed by atoms with E-state index in [1.54, 1.807) is 28.4 Å². The van der Waals surface area contributed by atoms with Crippen LogP contribution in [-0.2, 0) is 6.54 Å². The lowest BCUT2D eigenvalue weighted by Crippen LogP contribution is -2.07. The number of imidazole rings is 1. The molecule has 0 fully saturated rings. The molecule has 7 heteroatoms. The molecule has 3 heterocycles. The second kappa shape index (κ2) is 7.92. The monoisotopic (exact) mass is 369 g/mol. The molecule has 0 amide bonds. The third kappa shape index (κ3) is 3.87. The zero-order valence-corrected chi connectivity index (χ0v) is 14.9. The van der Waals surface area contributed by atoms with Gasteiger partial charge in [0.1, 0.15) is 12.1 Å². The van der Waals surface area contributed by atoms with Gasteiger partial charge >= 0.3 is 0 Å². The van der Waals surface area contributed by atoms with Crippen LogP contribution in [0.1, 0.15) is 5.56 Å². The van der Waals surface area contributed by atoms with Crippen molar-refractivity contribution in [1.29, 1.82) is 0 Å². The highest BCUT2D eigenvalue weighted by atomic mass is 35.5. The normalized spacial score (nSPS) is 10.2. The molecule has 4 rings (SSSR count). The second-order valence-corrected chi connectivity index (χ2v) is 6.17. The maximum atomic E-state index is 4.69. The molecule has 0 aliphatic carbocycles. The molecule has 4 aromatic rings. The number of nitrogens with zero attached hydrogens (tertiary/aromatic N) is 4. The summed E-state index contributed by atoms with van der Waals surface area (Å²) in [6.45, 7) is 0.708. The van der Waals surface area contributed by atoms with Gasteiger partial charge in [-0.3, -0.25) is 4.57 Å². The van der Waals surface area contributed by atoms with Crippen LogP contribution in [0.5, 0.6) is 0 Å². The van der Waals surface area contributed by atoms with E-state index >= 15 is 0 Å². The molecule has 5 nitrogen and oxygen atoms in total. The summed E-state index contributed by atoms with van der Waals surface area (Å²) >= 11 is 1.68. The highest BCUT2D eigenvalue weighted by molar-refractivity contribution is 7.13. The van der Waals surface area contributed by atoms with Gasteiger partial charge in [0.2, 0.25) is 5.95 Å². The molecular weight excluding hydrogens is 354 g/mol. The van der Waals surface area contributed by atoms with Crippen LogP contribution in [0.25, 0.3) is 16.4 Å². The first-order chi connectivity index (χ1) is 11.9. The predicted octanol–water partition coefficient (Wildman–Crippen LogP) is 4.42. The number of rotatable bonds is 5. The second-order valence-electron chi connectivity index (χ2n) is 5.22. The van der Waals surface area contributed by atoms with Crippen LogP contribution in [0.3, 0.4) is 0 Å². The summed E-state index contributed by atoms with van der Waals surface area (Å²) in [5.74, 6) is 1.42. The first kappa shape index (κ1) is 17.1. The number of nitrogens with one attached hydrogen (secondary N) is 1. The minimum Gasteiger partial charge on any atom is -0.365 e. The maximum absolute atomic E-state index is 4.69. The third-order valence-electron chi connectivity index (χ3n) is 3.60. The molecule has 1 N–H and O–H groups in total. The molecule has 0 spiro atoms. The molecule has 0 unspecified atom stereocenters. The van der Waals surface area contributed by atoms with Crippen molar-refractivity contribution < 1.29 is 0 Å². The van der Waals surface area contributed by atoms with Gasteiger partial charge in [-0.05, 0) is 17.0 Å². The van der Waals surface area contributed by atoms with E-state index in [2.05, 4.69) is 38.9 Å². The van der Waals surface area contributed by atoms with E-state index in [0.29, 0.717) is 12.5 Å². The SMILES string of the molecule is Cl.c1ccc(CNc2nc(-n3ccnc3)ncc2-c2cccs2)cc1. The average Bonchev–Trinajstić information content (AvgIpc) is 3.34. The first-order valence-corrected chi connectivity index (χ1v) is 8.45. The molecule has 3 aromatic heterocycles. The van der Waals surface area contributed by atoms with Crippen LogP contribution in [0, 0.1) is 0 Å². The van der Waals surface area contributed by atoms with E-state index < -0.39 is 0 Å². The molecule has 0 atom stereocenters. The Balaban J connectivity index is 0.00000182. The van der Waals surface area contributed by atoms with Gasteiger partial charge in [-0.15, -0.1) is 23.7 Å². The number of halogens is 1. The minimum absolute atomic E-state index is 0. The molecule has 0 aliphatic rings. The van der Waals surface area contributed by atoms with Crippen LogP contribution in [-0.4, -0.2) is 19.5 Å². The highest BCUT2D eigenvalue weighted by Gasteiger charge is 2.11. The smallest absolute Gasteiger partial charge is 0.236 e. The molecule has 25 heavy (non-hydrogen) atoms. The van der Waals surface area contributed by atoms with Crippen molar-refractivity contribution in [3.63, 3.8) is 0 Å². The van der Waals surface area contributed by atoms with Gasteiger partial charge in [0.25, 0.3) is 0 Å². The molecule has 0 saturated carbocycles. The van der Waals surface area contributed by atoms with Gasteiger partial charge in [-0.1, -0.05) is 36.4 Å². The fourth-order valence-electron chi connectivity index (χ4n) is 2.40. The minimum atomic E-state index is 0. The number of aromatic nitrogens is 4. The average molecular weight is 370 g/mol. The summed E-state index contributed by atoms with van der Waals surface area (Å²) in [6, 6.07) is 14.4. The van der Waals surface area contributed by atoms with Crippen molar-refractivity contribution in [2.75, 3.05) is 5.32 Å². The number of benzene rings is 1. The quantitative estimate of drug-likeness (QED) is 0.565. The summed E-state index contributed by atoms with van der Waals surface area (Å²) in [5.41, 5.74) is 2.21. The number of thiophene rings is 1. The summed E-state index contributed by atoms with van der Waals surface area (Å²) in [7, 11) is 0. The van der Waals surface area contributed by atoms with E-state index in [-0.39, 0.29) is 12.4 Å². The van der Waals surface area contributed by atoms with Crippen molar-refractivity contribution in [3.05, 3.63) is 78.3 Å². The lowest BCUT2D eigenvalue weighted by atomic mass is 10.2. The zero-order chi connectivity index (χ0) is 16.2. The van der Waals surface area contributed by atoms with E-state index in [0.717, 1.165) is 16.3 Å². The Morgan fingerprint density at radius 2 is 1.96 bits per heavy atom. The van der Waals surface area contributed by atoms with Gasteiger partial charge in [-0.25, -0.2) is 9.97 Å². The highest BCUT2D eigenvalue weighted by Crippen LogP contribution is 2.30. The zero-order valence-electron chi connectivity index (χ0n) is 13.2. The topological polar surface area (TPSA) is 55.6 Å². The standard InChI is InChI=1S/C18H15N5S.ClH/c1-2-5-14(6-3-1)11-20-17-15(16-7-4-10-24-16)12-21-18(22-17)23-9-8-19-13-23;/h1-10,12-13H,11H2,(H,20,21,22);1H. The van der Waals surface area contributed by atoms with E-state index in [1.807, 2.05) is 36.7 Å². The van der Waals surface area contributed by atoms with E-state index in [4.69, 9.17) is 4.98 Å². The van der Waals surface area contributed by atoms with Gasteiger partial charge in [0.05, 0.1) is 5.56 Å². The Hall–Kier alpha value is -2.70. The van der Waals surface area contributed by atoms with Crippen molar-refractivity contribution >= 4 is 29.6 Å². The summed E-state index contributed by atoms with van der Waals surface area (Å²) in [4.78, 5) is 14.4. The molecule has 0 saturated heterocycles. The van der Waals surface area contributed by atoms with Gasteiger partial charge < -0.3 is 5.32 Å². The summed E-state index contributed by atoms with van der Waals surface area (Å²) in [6.07, 6.45) is 7.11. The Kier molecular flexibility index (Phi) is 5.42. The summed E-state index contributed by atoms with van der Waals surface area (Å²) < 4.78 is 1.80.